The zero-order valence-electron chi connectivity index (χ0n) is 14.3. The molecule has 1 aliphatic rings. The summed E-state index contributed by atoms with van der Waals surface area (Å²) in [7, 11) is 0. The van der Waals surface area contributed by atoms with Crippen molar-refractivity contribution < 1.29 is 9.18 Å². The number of carbonyl (C=O) groups excluding carboxylic acids is 1. The van der Waals surface area contributed by atoms with Crippen molar-refractivity contribution in [2.24, 2.45) is 0 Å². The van der Waals surface area contributed by atoms with Gasteiger partial charge in [-0.15, -0.1) is 0 Å². The minimum absolute atomic E-state index is 0.0157. The number of halogens is 1. The lowest BCUT2D eigenvalue weighted by atomic mass is 10.00. The van der Waals surface area contributed by atoms with Gasteiger partial charge in [-0.3, -0.25) is 9.48 Å². The Morgan fingerprint density at radius 2 is 2.12 bits per heavy atom. The number of benzene rings is 1. The van der Waals surface area contributed by atoms with Crippen LogP contribution in [0.5, 0.6) is 0 Å². The number of carbonyl (C=O) groups is 1. The first-order valence-electron chi connectivity index (χ1n) is 8.67. The molecule has 128 valence electrons. The van der Waals surface area contributed by atoms with E-state index in [9.17, 15) is 9.18 Å². The third-order valence-electron chi connectivity index (χ3n) is 4.62. The van der Waals surface area contributed by atoms with Crippen LogP contribution in [0, 0.1) is 5.82 Å². The van der Waals surface area contributed by atoms with Gasteiger partial charge in [0.15, 0.2) is 0 Å². The van der Waals surface area contributed by atoms with Crippen LogP contribution < -0.4 is 0 Å². The highest BCUT2D eigenvalue weighted by Crippen LogP contribution is 2.31. The quantitative estimate of drug-likeness (QED) is 0.839. The molecule has 2 heterocycles. The van der Waals surface area contributed by atoms with Crippen LogP contribution in [0.4, 0.5) is 4.39 Å². The maximum absolute atomic E-state index is 13.7. The topological polar surface area (TPSA) is 38.1 Å². The van der Waals surface area contributed by atoms with Gasteiger partial charge in [-0.05, 0) is 44.4 Å². The van der Waals surface area contributed by atoms with E-state index < -0.39 is 0 Å². The monoisotopic (exact) mass is 329 g/mol. The molecule has 24 heavy (non-hydrogen) atoms. The summed E-state index contributed by atoms with van der Waals surface area (Å²) in [5.41, 5.74) is 1.48. The highest BCUT2D eigenvalue weighted by molar-refractivity contribution is 5.94. The van der Waals surface area contributed by atoms with Gasteiger partial charge in [0.25, 0.3) is 5.91 Å². The zero-order chi connectivity index (χ0) is 17.1. The molecule has 1 aliphatic heterocycles. The fraction of sp³-hybridized carbons (Fsp3) is 0.474. The molecule has 1 aromatic carbocycles. The summed E-state index contributed by atoms with van der Waals surface area (Å²) in [6.45, 7) is 4.76. The lowest BCUT2D eigenvalue weighted by Crippen LogP contribution is -2.34. The second-order valence-corrected chi connectivity index (χ2v) is 6.72. The third kappa shape index (κ3) is 3.50. The number of hydrogen-bond donors (Lipinski definition) is 0. The smallest absolute Gasteiger partial charge is 0.257 e. The molecule has 0 aliphatic carbocycles. The average molecular weight is 329 g/mol. The molecule has 1 aromatic heterocycles. The molecule has 0 saturated carbocycles. The Balaban J connectivity index is 1.90. The SMILES string of the molecule is CC(C)n1cc(C(=O)N2CCCCC[C@H]2c2cccc(F)c2)cn1. The summed E-state index contributed by atoms with van der Waals surface area (Å²) >= 11 is 0. The molecular weight excluding hydrogens is 305 g/mol. The second-order valence-electron chi connectivity index (χ2n) is 6.72. The fourth-order valence-electron chi connectivity index (χ4n) is 3.31. The first-order chi connectivity index (χ1) is 11.6. The lowest BCUT2D eigenvalue weighted by Gasteiger charge is -2.30. The minimum Gasteiger partial charge on any atom is -0.332 e. The maximum Gasteiger partial charge on any atom is 0.257 e. The van der Waals surface area contributed by atoms with Crippen molar-refractivity contribution in [3.8, 4) is 0 Å². The van der Waals surface area contributed by atoms with Crippen molar-refractivity contribution in [1.82, 2.24) is 14.7 Å². The Kier molecular flexibility index (Phi) is 4.97. The van der Waals surface area contributed by atoms with Crippen LogP contribution >= 0.6 is 0 Å². The van der Waals surface area contributed by atoms with Gasteiger partial charge in [0.2, 0.25) is 0 Å². The van der Waals surface area contributed by atoms with Crippen LogP contribution in [0.1, 0.15) is 67.5 Å². The Morgan fingerprint density at radius 1 is 1.29 bits per heavy atom. The summed E-state index contributed by atoms with van der Waals surface area (Å²) in [6.07, 6.45) is 7.44. The van der Waals surface area contributed by atoms with Gasteiger partial charge in [-0.1, -0.05) is 25.0 Å². The van der Waals surface area contributed by atoms with E-state index in [0.717, 1.165) is 31.2 Å². The lowest BCUT2D eigenvalue weighted by molar-refractivity contribution is 0.0680. The summed E-state index contributed by atoms with van der Waals surface area (Å²) in [5.74, 6) is -0.269. The molecule has 3 rings (SSSR count). The van der Waals surface area contributed by atoms with Crippen LogP contribution in [0.2, 0.25) is 0 Å². The minimum atomic E-state index is -0.253. The van der Waals surface area contributed by atoms with Crippen LogP contribution in [0.3, 0.4) is 0 Å². The molecule has 1 fully saturated rings. The number of aromatic nitrogens is 2. The largest absolute Gasteiger partial charge is 0.332 e. The molecular formula is C19H24FN3O. The number of amides is 1. The maximum atomic E-state index is 13.7. The summed E-state index contributed by atoms with van der Waals surface area (Å²) in [5, 5.41) is 4.28. The van der Waals surface area contributed by atoms with E-state index in [4.69, 9.17) is 0 Å². The molecule has 0 bridgehead atoms. The van der Waals surface area contributed by atoms with Gasteiger partial charge in [0, 0.05) is 18.8 Å². The van der Waals surface area contributed by atoms with E-state index in [1.165, 1.54) is 6.07 Å². The van der Waals surface area contributed by atoms with Crippen molar-refractivity contribution in [2.75, 3.05) is 6.54 Å². The van der Waals surface area contributed by atoms with Gasteiger partial charge in [0.05, 0.1) is 17.8 Å². The Morgan fingerprint density at radius 3 is 2.83 bits per heavy atom. The standard InChI is InChI=1S/C19H24FN3O/c1-14(2)23-13-16(12-21-23)19(24)22-10-5-3-4-9-18(22)15-7-6-8-17(20)11-15/h6-8,11-14,18H,3-5,9-10H2,1-2H3/t18-/m0/s1. The van der Waals surface area contributed by atoms with E-state index in [2.05, 4.69) is 5.10 Å². The van der Waals surface area contributed by atoms with Gasteiger partial charge in [-0.2, -0.15) is 5.10 Å². The molecule has 1 atom stereocenters. The van der Waals surface area contributed by atoms with Crippen molar-refractivity contribution >= 4 is 5.91 Å². The highest BCUT2D eigenvalue weighted by atomic mass is 19.1. The van der Waals surface area contributed by atoms with Crippen LogP contribution in [-0.2, 0) is 0 Å². The van der Waals surface area contributed by atoms with E-state index in [-0.39, 0.29) is 23.8 Å². The zero-order valence-corrected chi connectivity index (χ0v) is 14.3. The Labute approximate surface area is 142 Å². The van der Waals surface area contributed by atoms with Crippen molar-refractivity contribution in [2.45, 2.75) is 51.6 Å². The summed E-state index contributed by atoms with van der Waals surface area (Å²) in [4.78, 5) is 14.9. The van der Waals surface area contributed by atoms with E-state index in [1.807, 2.05) is 24.8 Å². The molecule has 2 aromatic rings. The summed E-state index contributed by atoms with van der Waals surface area (Å²) < 4.78 is 15.4. The number of rotatable bonds is 3. The van der Waals surface area contributed by atoms with E-state index in [1.54, 1.807) is 29.2 Å². The van der Waals surface area contributed by atoms with Gasteiger partial charge >= 0.3 is 0 Å². The molecule has 1 saturated heterocycles. The van der Waals surface area contributed by atoms with Crippen molar-refractivity contribution in [1.29, 1.82) is 0 Å². The van der Waals surface area contributed by atoms with Crippen molar-refractivity contribution in [3.05, 3.63) is 53.6 Å². The molecule has 0 unspecified atom stereocenters. The molecule has 0 N–H and O–H groups in total. The van der Waals surface area contributed by atoms with Gasteiger partial charge in [-0.25, -0.2) is 4.39 Å². The van der Waals surface area contributed by atoms with Crippen LogP contribution in [0.25, 0.3) is 0 Å². The number of hydrogen-bond acceptors (Lipinski definition) is 2. The normalized spacial score (nSPS) is 18.7. The first kappa shape index (κ1) is 16.7. The fourth-order valence-corrected chi connectivity index (χ4v) is 3.31. The third-order valence-corrected chi connectivity index (χ3v) is 4.62. The molecule has 0 spiro atoms. The number of likely N-dealkylation sites (tertiary alicyclic amines) is 1. The Bertz CT molecular complexity index is 710. The predicted molar refractivity (Wildman–Crippen MR) is 91.3 cm³/mol. The Hall–Kier alpha value is -2.17. The van der Waals surface area contributed by atoms with E-state index in [0.29, 0.717) is 12.1 Å². The predicted octanol–water partition coefficient (Wildman–Crippen LogP) is 4.36. The van der Waals surface area contributed by atoms with Crippen LogP contribution in [-0.4, -0.2) is 27.1 Å². The van der Waals surface area contributed by atoms with Crippen LogP contribution in [0.15, 0.2) is 36.7 Å². The molecule has 5 heteroatoms. The first-order valence-corrected chi connectivity index (χ1v) is 8.67. The molecule has 0 radical (unpaired) electrons. The van der Waals surface area contributed by atoms with Crippen molar-refractivity contribution in [3.63, 3.8) is 0 Å². The molecule has 1 amide bonds. The average Bonchev–Trinajstić information content (AvgIpc) is 2.93. The van der Waals surface area contributed by atoms with Gasteiger partial charge in [0.1, 0.15) is 5.82 Å². The van der Waals surface area contributed by atoms with Gasteiger partial charge < -0.3 is 4.90 Å². The highest BCUT2D eigenvalue weighted by Gasteiger charge is 2.28. The number of nitrogens with zero attached hydrogens (tertiary/aromatic N) is 3. The summed E-state index contributed by atoms with van der Waals surface area (Å²) in [6, 6.07) is 6.77. The second kappa shape index (κ2) is 7.16. The molecule has 4 nitrogen and oxygen atoms in total. The van der Waals surface area contributed by atoms with E-state index >= 15 is 0 Å².